The van der Waals surface area contributed by atoms with E-state index in [1.54, 1.807) is 31.4 Å². The topological polar surface area (TPSA) is 99.6 Å². The van der Waals surface area contributed by atoms with E-state index >= 15 is 0 Å². The maximum atomic E-state index is 13.7. The maximum Gasteiger partial charge on any atom is 0.387 e. The van der Waals surface area contributed by atoms with Gasteiger partial charge in [0, 0.05) is 17.4 Å². The second-order valence-corrected chi connectivity index (χ2v) is 12.3. The molecule has 0 aliphatic carbocycles. The molecule has 12 heteroatoms. The van der Waals surface area contributed by atoms with E-state index in [1.165, 1.54) is 35.6 Å². The van der Waals surface area contributed by atoms with Gasteiger partial charge in [0.25, 0.3) is 5.91 Å². The normalized spacial score (nSPS) is 14.2. The molecule has 7 rings (SSSR count). The Bertz CT molecular complexity index is 2260. The number of rotatable bonds is 10. The van der Waals surface area contributed by atoms with Crippen molar-refractivity contribution in [1.82, 2.24) is 9.99 Å². The number of methoxy groups -OCH3 is 2. The van der Waals surface area contributed by atoms with Gasteiger partial charge in [0.05, 0.1) is 47.6 Å². The third-order valence-electron chi connectivity index (χ3n) is 8.37. The molecule has 1 aliphatic heterocycles. The van der Waals surface area contributed by atoms with Gasteiger partial charge < -0.3 is 18.9 Å². The number of aromatic nitrogens is 1. The highest BCUT2D eigenvalue weighted by Crippen LogP contribution is 2.38. The van der Waals surface area contributed by atoms with Gasteiger partial charge in [-0.05, 0) is 70.2 Å². The van der Waals surface area contributed by atoms with E-state index in [0.717, 1.165) is 27.0 Å². The van der Waals surface area contributed by atoms with Crippen molar-refractivity contribution >= 4 is 50.6 Å². The number of benzene rings is 4. The molecule has 1 atom stereocenters. The first-order chi connectivity index (χ1) is 24.3. The lowest BCUT2D eigenvalue weighted by Crippen LogP contribution is -2.31. The van der Waals surface area contributed by atoms with Crippen LogP contribution in [0.4, 0.5) is 8.78 Å². The van der Waals surface area contributed by atoms with Crippen LogP contribution in [0.15, 0.2) is 108 Å². The van der Waals surface area contributed by atoms with Gasteiger partial charge in [-0.3, -0.25) is 4.79 Å². The zero-order valence-corrected chi connectivity index (χ0v) is 27.7. The van der Waals surface area contributed by atoms with Gasteiger partial charge in [-0.15, -0.1) is 11.3 Å². The molecule has 0 spiro atoms. The molecule has 1 aliphatic rings. The number of amides is 1. The number of thiophene rings is 1. The number of carbonyl (C=O) groups is 2. The van der Waals surface area contributed by atoms with Crippen LogP contribution >= 0.6 is 11.3 Å². The molecular weight excluding hydrogens is 664 g/mol. The van der Waals surface area contributed by atoms with Crippen LogP contribution in [0.5, 0.6) is 17.2 Å². The summed E-state index contributed by atoms with van der Waals surface area (Å²) in [5.74, 6) is -0.567. The predicted molar refractivity (Wildman–Crippen MR) is 186 cm³/mol. The molecule has 6 aromatic rings. The number of para-hydroxylation sites is 1. The largest absolute Gasteiger partial charge is 0.497 e. The standard InChI is InChI=1S/C38H29F2N3O6S/c1-46-26-13-11-22-16-24(10-9-23(22)17-26)30-19-28(27-6-3-4-7-29(27)41-30)37(45)48-21-36(44)43-32(20-31(42-43)35-8-5-15-50-35)25-12-14-33(49-38(39)40)34(18-25)47-2/h3-19,32,38H,20-21H2,1-2H3. The highest BCUT2D eigenvalue weighted by atomic mass is 32.1. The Morgan fingerprint density at radius 2 is 1.72 bits per heavy atom. The molecule has 2 aromatic heterocycles. The van der Waals surface area contributed by atoms with Gasteiger partial charge in [-0.2, -0.15) is 13.9 Å². The molecule has 1 amide bonds. The van der Waals surface area contributed by atoms with E-state index in [1.807, 2.05) is 66.0 Å². The molecule has 0 saturated carbocycles. The van der Waals surface area contributed by atoms with Gasteiger partial charge in [0.15, 0.2) is 18.1 Å². The van der Waals surface area contributed by atoms with E-state index in [9.17, 15) is 18.4 Å². The Hall–Kier alpha value is -5.88. The molecule has 0 bridgehead atoms. The summed E-state index contributed by atoms with van der Waals surface area (Å²) in [5.41, 5.74) is 3.46. The van der Waals surface area contributed by atoms with Crippen LogP contribution in [0.25, 0.3) is 32.9 Å². The first-order valence-electron chi connectivity index (χ1n) is 15.5. The quantitative estimate of drug-likeness (QED) is 0.133. The number of hydrazone groups is 1. The van der Waals surface area contributed by atoms with Crippen LogP contribution < -0.4 is 14.2 Å². The summed E-state index contributed by atoms with van der Waals surface area (Å²) < 4.78 is 46.8. The lowest BCUT2D eigenvalue weighted by molar-refractivity contribution is -0.136. The Balaban J connectivity index is 1.16. The number of hydrogen-bond acceptors (Lipinski definition) is 9. The van der Waals surface area contributed by atoms with Crippen molar-refractivity contribution in [2.45, 2.75) is 19.1 Å². The van der Waals surface area contributed by atoms with Crippen LogP contribution in [0.2, 0.25) is 0 Å². The number of fused-ring (bicyclic) bond motifs is 2. The molecule has 3 heterocycles. The van der Waals surface area contributed by atoms with Crippen molar-refractivity contribution in [3.8, 4) is 28.5 Å². The fourth-order valence-electron chi connectivity index (χ4n) is 5.95. The van der Waals surface area contributed by atoms with Gasteiger partial charge in [-0.25, -0.2) is 14.8 Å². The van der Waals surface area contributed by atoms with E-state index < -0.39 is 31.1 Å². The van der Waals surface area contributed by atoms with Gasteiger partial charge in [0.2, 0.25) is 0 Å². The SMILES string of the molecule is COc1ccc2cc(-c3cc(C(=O)OCC(=O)N4N=C(c5cccs5)CC4c4ccc(OC(F)F)c(OC)c4)c4ccccc4n3)ccc2c1. The zero-order valence-electron chi connectivity index (χ0n) is 26.8. The Morgan fingerprint density at radius 3 is 2.50 bits per heavy atom. The van der Waals surface area contributed by atoms with Crippen LogP contribution in [-0.4, -0.2) is 55.0 Å². The van der Waals surface area contributed by atoms with E-state index in [-0.39, 0.29) is 17.1 Å². The van der Waals surface area contributed by atoms with Crippen molar-refractivity contribution in [3.63, 3.8) is 0 Å². The van der Waals surface area contributed by atoms with E-state index in [2.05, 4.69) is 9.84 Å². The van der Waals surface area contributed by atoms with Crippen molar-refractivity contribution in [3.05, 3.63) is 118 Å². The molecule has 0 fully saturated rings. The van der Waals surface area contributed by atoms with Gasteiger partial charge in [0.1, 0.15) is 5.75 Å². The van der Waals surface area contributed by atoms with Crippen LogP contribution in [0.3, 0.4) is 0 Å². The monoisotopic (exact) mass is 693 g/mol. The minimum atomic E-state index is -3.03. The minimum Gasteiger partial charge on any atom is -0.497 e. The third kappa shape index (κ3) is 6.57. The average molecular weight is 694 g/mol. The molecule has 0 radical (unpaired) electrons. The summed E-state index contributed by atoms with van der Waals surface area (Å²) in [7, 11) is 2.96. The van der Waals surface area contributed by atoms with Gasteiger partial charge >= 0.3 is 12.6 Å². The van der Waals surface area contributed by atoms with Crippen molar-refractivity contribution in [2.24, 2.45) is 5.10 Å². The van der Waals surface area contributed by atoms with Crippen molar-refractivity contribution in [1.29, 1.82) is 0 Å². The zero-order chi connectivity index (χ0) is 34.8. The highest BCUT2D eigenvalue weighted by Gasteiger charge is 2.35. The number of ether oxygens (including phenoxy) is 4. The summed E-state index contributed by atoms with van der Waals surface area (Å²) in [6, 6.07) is 28.2. The van der Waals surface area contributed by atoms with Gasteiger partial charge in [-0.1, -0.05) is 48.5 Å². The summed E-state index contributed by atoms with van der Waals surface area (Å²) in [6.45, 7) is -3.63. The number of halogens is 2. The summed E-state index contributed by atoms with van der Waals surface area (Å²) in [4.78, 5) is 33.1. The number of alkyl halides is 2. The smallest absolute Gasteiger partial charge is 0.387 e. The predicted octanol–water partition coefficient (Wildman–Crippen LogP) is 8.27. The molecular formula is C38H29F2N3O6S. The third-order valence-corrected chi connectivity index (χ3v) is 9.28. The first kappa shape index (κ1) is 32.7. The van der Waals surface area contributed by atoms with Crippen LogP contribution in [-0.2, 0) is 9.53 Å². The van der Waals surface area contributed by atoms with Crippen LogP contribution in [0, 0.1) is 0 Å². The molecule has 0 N–H and O–H groups in total. The second kappa shape index (κ2) is 13.9. The number of nitrogens with zero attached hydrogens (tertiary/aromatic N) is 3. The number of pyridine rings is 1. The Labute approximate surface area is 289 Å². The van der Waals surface area contributed by atoms with E-state index in [4.69, 9.17) is 19.2 Å². The number of hydrogen-bond donors (Lipinski definition) is 0. The molecule has 0 saturated heterocycles. The maximum absolute atomic E-state index is 13.7. The fraction of sp³-hybridized carbons (Fsp3) is 0.158. The molecule has 252 valence electrons. The van der Waals surface area contributed by atoms with Crippen molar-refractivity contribution in [2.75, 3.05) is 20.8 Å². The highest BCUT2D eigenvalue weighted by molar-refractivity contribution is 7.12. The Kier molecular flexibility index (Phi) is 9.09. The average Bonchev–Trinajstić information content (AvgIpc) is 3.84. The lowest BCUT2D eigenvalue weighted by atomic mass is 10.0. The van der Waals surface area contributed by atoms with E-state index in [0.29, 0.717) is 34.3 Å². The first-order valence-corrected chi connectivity index (χ1v) is 16.4. The van der Waals surface area contributed by atoms with Crippen LogP contribution in [0.1, 0.15) is 33.3 Å². The summed E-state index contributed by atoms with van der Waals surface area (Å²) in [5, 5.41) is 10.3. The number of esters is 1. The molecule has 1 unspecified atom stereocenters. The molecule has 9 nitrogen and oxygen atoms in total. The minimum absolute atomic E-state index is 0.0812. The molecule has 50 heavy (non-hydrogen) atoms. The molecule has 4 aromatic carbocycles. The lowest BCUT2D eigenvalue weighted by Gasteiger charge is -2.23. The fourth-order valence-corrected chi connectivity index (χ4v) is 6.67. The summed E-state index contributed by atoms with van der Waals surface area (Å²) in [6.07, 6.45) is 0.343. The summed E-state index contributed by atoms with van der Waals surface area (Å²) >= 11 is 1.47. The second-order valence-electron chi connectivity index (χ2n) is 11.3. The number of carbonyl (C=O) groups excluding carboxylic acids is 2. The van der Waals surface area contributed by atoms with Crippen molar-refractivity contribution < 1.29 is 37.3 Å². The Morgan fingerprint density at radius 1 is 0.900 bits per heavy atom.